The third-order valence-electron chi connectivity index (χ3n) is 3.42. The Kier molecular flexibility index (Phi) is 4.96. The molecule has 1 N–H and O–H groups in total. The summed E-state index contributed by atoms with van der Waals surface area (Å²) in [6, 6.07) is 6.25. The van der Waals surface area contributed by atoms with E-state index in [0.29, 0.717) is 24.9 Å². The van der Waals surface area contributed by atoms with Gasteiger partial charge in [0.2, 0.25) is 0 Å². The normalized spacial score (nSPS) is 24.6. The second kappa shape index (κ2) is 6.52. The van der Waals surface area contributed by atoms with Crippen LogP contribution in [0.1, 0.15) is 13.8 Å². The van der Waals surface area contributed by atoms with Gasteiger partial charge >= 0.3 is 0 Å². The standard InChI is InChI=1S/C15H22FNO3/c1-12(2)17-6-7-19-10-15(18,9-17)11-20-14-5-3-4-13(16)8-14/h3-5,8,12,18H,6-7,9-11H2,1-2H3. The molecule has 0 aliphatic carbocycles. The predicted octanol–water partition coefficient (Wildman–Crippen LogP) is 1.68. The number of ether oxygens (including phenoxy) is 2. The molecule has 1 fully saturated rings. The van der Waals surface area contributed by atoms with Crippen molar-refractivity contribution in [2.75, 3.05) is 32.9 Å². The van der Waals surface area contributed by atoms with Gasteiger partial charge in [-0.2, -0.15) is 0 Å². The molecular formula is C15H22FNO3. The van der Waals surface area contributed by atoms with Crippen molar-refractivity contribution >= 4 is 0 Å². The van der Waals surface area contributed by atoms with E-state index >= 15 is 0 Å². The van der Waals surface area contributed by atoms with Crippen molar-refractivity contribution < 1.29 is 19.0 Å². The molecule has 0 saturated carbocycles. The average molecular weight is 283 g/mol. The molecule has 1 aromatic rings. The van der Waals surface area contributed by atoms with Crippen molar-refractivity contribution in [3.8, 4) is 5.75 Å². The topological polar surface area (TPSA) is 41.9 Å². The van der Waals surface area contributed by atoms with E-state index in [2.05, 4.69) is 18.7 Å². The smallest absolute Gasteiger partial charge is 0.134 e. The molecule has 0 amide bonds. The summed E-state index contributed by atoms with van der Waals surface area (Å²) in [7, 11) is 0. The predicted molar refractivity (Wildman–Crippen MR) is 74.4 cm³/mol. The number of nitrogens with zero attached hydrogens (tertiary/aromatic N) is 1. The van der Waals surface area contributed by atoms with E-state index in [4.69, 9.17) is 9.47 Å². The largest absolute Gasteiger partial charge is 0.490 e. The first-order valence-corrected chi connectivity index (χ1v) is 6.91. The van der Waals surface area contributed by atoms with E-state index in [-0.39, 0.29) is 19.0 Å². The first kappa shape index (κ1) is 15.2. The van der Waals surface area contributed by atoms with Crippen LogP contribution in [0.15, 0.2) is 24.3 Å². The summed E-state index contributed by atoms with van der Waals surface area (Å²) >= 11 is 0. The minimum absolute atomic E-state index is 0.0830. The van der Waals surface area contributed by atoms with Gasteiger partial charge in [0.1, 0.15) is 23.8 Å². The van der Waals surface area contributed by atoms with Crippen LogP contribution in [0.4, 0.5) is 4.39 Å². The lowest BCUT2D eigenvalue weighted by atomic mass is 10.1. The third kappa shape index (κ3) is 4.16. The van der Waals surface area contributed by atoms with Gasteiger partial charge in [-0.25, -0.2) is 4.39 Å². The highest BCUT2D eigenvalue weighted by Gasteiger charge is 2.34. The van der Waals surface area contributed by atoms with Crippen molar-refractivity contribution in [1.82, 2.24) is 4.90 Å². The molecule has 1 aromatic carbocycles. The van der Waals surface area contributed by atoms with Crippen LogP contribution < -0.4 is 4.74 Å². The Balaban J connectivity index is 1.98. The number of hydrogen-bond donors (Lipinski definition) is 1. The van der Waals surface area contributed by atoms with Gasteiger partial charge < -0.3 is 14.6 Å². The molecule has 1 heterocycles. The van der Waals surface area contributed by atoms with Crippen LogP contribution in [0.3, 0.4) is 0 Å². The van der Waals surface area contributed by atoms with Crippen molar-refractivity contribution in [3.63, 3.8) is 0 Å². The Morgan fingerprint density at radius 3 is 3.00 bits per heavy atom. The van der Waals surface area contributed by atoms with Crippen molar-refractivity contribution in [1.29, 1.82) is 0 Å². The highest BCUT2D eigenvalue weighted by molar-refractivity contribution is 5.22. The van der Waals surface area contributed by atoms with Gasteiger partial charge in [0, 0.05) is 25.2 Å². The maximum Gasteiger partial charge on any atom is 0.134 e. The van der Waals surface area contributed by atoms with Crippen LogP contribution in [0.25, 0.3) is 0 Å². The summed E-state index contributed by atoms with van der Waals surface area (Å²) < 4.78 is 24.1. The molecule has 4 nitrogen and oxygen atoms in total. The van der Waals surface area contributed by atoms with Gasteiger partial charge in [-0.1, -0.05) is 6.07 Å². The monoisotopic (exact) mass is 283 g/mol. The molecular weight excluding hydrogens is 261 g/mol. The second-order valence-corrected chi connectivity index (χ2v) is 5.59. The number of aliphatic hydroxyl groups is 1. The van der Waals surface area contributed by atoms with Crippen molar-refractivity contribution in [2.24, 2.45) is 0 Å². The Morgan fingerprint density at radius 1 is 1.50 bits per heavy atom. The van der Waals surface area contributed by atoms with Crippen LogP contribution in [-0.4, -0.2) is 54.6 Å². The molecule has 1 unspecified atom stereocenters. The quantitative estimate of drug-likeness (QED) is 0.913. The molecule has 20 heavy (non-hydrogen) atoms. The zero-order valence-electron chi connectivity index (χ0n) is 12.0. The molecule has 2 rings (SSSR count). The summed E-state index contributed by atoms with van der Waals surface area (Å²) in [5, 5.41) is 10.6. The fourth-order valence-electron chi connectivity index (χ4n) is 2.25. The molecule has 1 saturated heterocycles. The molecule has 1 aliphatic heterocycles. The highest BCUT2D eigenvalue weighted by atomic mass is 19.1. The number of rotatable bonds is 4. The van der Waals surface area contributed by atoms with E-state index in [1.807, 2.05) is 0 Å². The summed E-state index contributed by atoms with van der Waals surface area (Å²) in [6.45, 7) is 6.35. The SMILES string of the molecule is CC(C)N1CCOCC(O)(COc2cccc(F)c2)C1. The maximum absolute atomic E-state index is 13.1. The summed E-state index contributed by atoms with van der Waals surface area (Å²) in [4.78, 5) is 2.15. The number of β-amino-alcohol motifs (C(OH)–C–C–N with tert-alkyl or cyclic N) is 1. The Bertz CT molecular complexity index is 441. The first-order chi connectivity index (χ1) is 9.48. The fraction of sp³-hybridized carbons (Fsp3) is 0.600. The number of halogens is 1. The van der Waals surface area contributed by atoms with Gasteiger partial charge in [0.15, 0.2) is 0 Å². The minimum Gasteiger partial charge on any atom is -0.490 e. The molecule has 0 bridgehead atoms. The van der Waals surface area contributed by atoms with E-state index in [9.17, 15) is 9.50 Å². The molecule has 0 radical (unpaired) electrons. The minimum atomic E-state index is -1.08. The lowest BCUT2D eigenvalue weighted by molar-refractivity contribution is -0.0661. The zero-order chi connectivity index (χ0) is 14.6. The van der Waals surface area contributed by atoms with E-state index in [1.54, 1.807) is 12.1 Å². The van der Waals surface area contributed by atoms with Crippen LogP contribution in [0.2, 0.25) is 0 Å². The average Bonchev–Trinajstić information content (AvgIpc) is 2.59. The lowest BCUT2D eigenvalue weighted by Gasteiger charge is -2.32. The molecule has 5 heteroatoms. The van der Waals surface area contributed by atoms with E-state index < -0.39 is 5.60 Å². The molecule has 1 atom stereocenters. The molecule has 0 spiro atoms. The Morgan fingerprint density at radius 2 is 2.30 bits per heavy atom. The molecule has 112 valence electrons. The van der Waals surface area contributed by atoms with Crippen molar-refractivity contribution in [2.45, 2.75) is 25.5 Å². The van der Waals surface area contributed by atoms with Gasteiger partial charge in [-0.3, -0.25) is 4.90 Å². The Hall–Kier alpha value is -1.17. The Labute approximate surface area is 119 Å². The van der Waals surface area contributed by atoms with Crippen molar-refractivity contribution in [3.05, 3.63) is 30.1 Å². The lowest BCUT2D eigenvalue weighted by Crippen LogP contribution is -2.50. The zero-order valence-corrected chi connectivity index (χ0v) is 12.0. The van der Waals surface area contributed by atoms with Crippen LogP contribution in [-0.2, 0) is 4.74 Å². The second-order valence-electron chi connectivity index (χ2n) is 5.59. The van der Waals surface area contributed by atoms with Gasteiger partial charge in [0.05, 0.1) is 13.2 Å². The van der Waals surface area contributed by atoms with Crippen LogP contribution >= 0.6 is 0 Å². The van der Waals surface area contributed by atoms with Gasteiger partial charge in [0.25, 0.3) is 0 Å². The number of benzene rings is 1. The van der Waals surface area contributed by atoms with E-state index in [1.165, 1.54) is 12.1 Å². The summed E-state index contributed by atoms with van der Waals surface area (Å²) in [6.07, 6.45) is 0. The maximum atomic E-state index is 13.1. The number of hydrogen-bond acceptors (Lipinski definition) is 4. The molecule has 1 aliphatic rings. The van der Waals surface area contributed by atoms with E-state index in [0.717, 1.165) is 6.54 Å². The third-order valence-corrected chi connectivity index (χ3v) is 3.42. The highest BCUT2D eigenvalue weighted by Crippen LogP contribution is 2.18. The van der Waals surface area contributed by atoms with Crippen LogP contribution in [0.5, 0.6) is 5.75 Å². The van der Waals surface area contributed by atoms with Crippen LogP contribution in [0, 0.1) is 5.82 Å². The summed E-state index contributed by atoms with van der Waals surface area (Å²) in [5.41, 5.74) is -1.08. The fourth-order valence-corrected chi connectivity index (χ4v) is 2.25. The molecule has 0 aromatic heterocycles. The summed E-state index contributed by atoms with van der Waals surface area (Å²) in [5.74, 6) is 0.0641. The van der Waals surface area contributed by atoms with Gasteiger partial charge in [-0.15, -0.1) is 0 Å². The first-order valence-electron chi connectivity index (χ1n) is 6.91. The van der Waals surface area contributed by atoms with Gasteiger partial charge in [-0.05, 0) is 26.0 Å².